The number of carbonyl (C=O) groups is 1. The number of aromatic nitrogens is 4. The number of rotatable bonds is 2. The van der Waals surface area contributed by atoms with Crippen molar-refractivity contribution in [2.45, 2.75) is 0 Å². The van der Waals surface area contributed by atoms with Gasteiger partial charge in [0.1, 0.15) is 5.65 Å². The molecule has 0 atom stereocenters. The Balaban J connectivity index is 2.25. The van der Waals surface area contributed by atoms with Crippen molar-refractivity contribution in [1.29, 1.82) is 0 Å². The Bertz CT molecular complexity index is 682. The summed E-state index contributed by atoms with van der Waals surface area (Å²) >= 11 is 0. The maximum Gasteiger partial charge on any atom is 0.166 e. The molecule has 3 aromatic rings. The van der Waals surface area contributed by atoms with E-state index in [1.54, 1.807) is 17.0 Å². The zero-order chi connectivity index (χ0) is 11.8. The van der Waals surface area contributed by atoms with Gasteiger partial charge in [-0.05, 0) is 18.2 Å². The number of aldehydes is 1. The van der Waals surface area contributed by atoms with Gasteiger partial charge in [-0.2, -0.15) is 5.10 Å². The van der Waals surface area contributed by atoms with E-state index in [1.165, 1.54) is 0 Å². The molecule has 3 rings (SSSR count). The van der Waals surface area contributed by atoms with Crippen LogP contribution in [-0.4, -0.2) is 26.0 Å². The number of aryl methyl sites for hydroxylation is 1. The van der Waals surface area contributed by atoms with Gasteiger partial charge in [0, 0.05) is 24.2 Å². The monoisotopic (exact) mass is 226 g/mol. The molecule has 0 aromatic carbocycles. The Morgan fingerprint density at radius 2 is 2.29 bits per heavy atom. The molecule has 0 aliphatic heterocycles. The number of hydrogen-bond donors (Lipinski definition) is 1. The molecule has 0 spiro atoms. The van der Waals surface area contributed by atoms with Gasteiger partial charge in [-0.1, -0.05) is 0 Å². The number of nitrogens with one attached hydrogen (secondary N) is 1. The minimum Gasteiger partial charge on any atom is -0.326 e. The largest absolute Gasteiger partial charge is 0.326 e. The van der Waals surface area contributed by atoms with Crippen LogP contribution in [0.2, 0.25) is 0 Å². The second-order valence-corrected chi connectivity index (χ2v) is 3.84. The predicted molar refractivity (Wildman–Crippen MR) is 63.7 cm³/mol. The lowest BCUT2D eigenvalue weighted by Crippen LogP contribution is -1.95. The molecule has 84 valence electrons. The molecule has 0 amide bonds. The number of fused-ring (bicyclic) bond motifs is 1. The lowest BCUT2D eigenvalue weighted by atomic mass is 10.2. The van der Waals surface area contributed by atoms with Crippen molar-refractivity contribution >= 4 is 17.3 Å². The summed E-state index contributed by atoms with van der Waals surface area (Å²) in [6, 6.07) is 5.70. The predicted octanol–water partition coefficient (Wildman–Crippen LogP) is 1.78. The Morgan fingerprint density at radius 1 is 1.41 bits per heavy atom. The first-order valence-electron chi connectivity index (χ1n) is 5.20. The third kappa shape index (κ3) is 1.44. The van der Waals surface area contributed by atoms with Crippen molar-refractivity contribution in [3.05, 3.63) is 36.3 Å². The summed E-state index contributed by atoms with van der Waals surface area (Å²) in [6.45, 7) is 0. The van der Waals surface area contributed by atoms with E-state index in [2.05, 4.69) is 15.2 Å². The summed E-state index contributed by atoms with van der Waals surface area (Å²) in [7, 11) is 1.83. The molecule has 0 bridgehead atoms. The maximum absolute atomic E-state index is 10.8. The molecule has 5 heteroatoms. The number of pyridine rings is 1. The van der Waals surface area contributed by atoms with Crippen molar-refractivity contribution in [1.82, 2.24) is 19.7 Å². The summed E-state index contributed by atoms with van der Waals surface area (Å²) in [4.78, 5) is 15.4. The number of aromatic amines is 1. The first kappa shape index (κ1) is 9.77. The first-order chi connectivity index (χ1) is 8.29. The molecule has 17 heavy (non-hydrogen) atoms. The third-order valence-corrected chi connectivity index (χ3v) is 2.83. The Labute approximate surface area is 97.1 Å². The summed E-state index contributed by atoms with van der Waals surface area (Å²) < 4.78 is 1.78. The number of hydrogen-bond acceptors (Lipinski definition) is 3. The molecule has 0 radical (unpaired) electrons. The molecular formula is C12H10N4O. The maximum atomic E-state index is 10.8. The second kappa shape index (κ2) is 3.55. The van der Waals surface area contributed by atoms with Crippen molar-refractivity contribution in [3.63, 3.8) is 0 Å². The van der Waals surface area contributed by atoms with Crippen LogP contribution < -0.4 is 0 Å². The molecule has 0 fully saturated rings. The average molecular weight is 226 g/mol. The molecule has 0 aliphatic rings. The van der Waals surface area contributed by atoms with E-state index in [1.807, 2.05) is 25.2 Å². The summed E-state index contributed by atoms with van der Waals surface area (Å²) in [5, 5.41) is 7.61. The zero-order valence-corrected chi connectivity index (χ0v) is 9.21. The van der Waals surface area contributed by atoms with Gasteiger partial charge in [-0.3, -0.25) is 9.89 Å². The third-order valence-electron chi connectivity index (χ3n) is 2.83. The van der Waals surface area contributed by atoms with Crippen molar-refractivity contribution in [2.24, 2.45) is 7.05 Å². The van der Waals surface area contributed by atoms with Gasteiger partial charge in [-0.15, -0.1) is 0 Å². The van der Waals surface area contributed by atoms with E-state index in [0.717, 1.165) is 28.6 Å². The molecular weight excluding hydrogens is 216 g/mol. The molecule has 0 unspecified atom stereocenters. The van der Waals surface area contributed by atoms with Crippen LogP contribution in [0.15, 0.2) is 30.6 Å². The van der Waals surface area contributed by atoms with Gasteiger partial charge in [0.2, 0.25) is 0 Å². The number of carbonyl (C=O) groups excluding carboxylic acids is 1. The summed E-state index contributed by atoms with van der Waals surface area (Å²) in [5.74, 6) is 0. The van der Waals surface area contributed by atoms with Crippen molar-refractivity contribution in [3.8, 4) is 11.3 Å². The minimum absolute atomic E-state index is 0.622. The molecule has 5 nitrogen and oxygen atoms in total. The standard InChI is InChI=1S/C12H10N4O/c1-16-10(7-17)4-8-2-3-11(15-12(8)16)9-5-13-14-6-9/h2-7H,1H3,(H,13,14). The first-order valence-corrected chi connectivity index (χ1v) is 5.20. The van der Waals surface area contributed by atoms with Crippen molar-refractivity contribution < 1.29 is 4.79 Å². The van der Waals surface area contributed by atoms with Gasteiger partial charge >= 0.3 is 0 Å². The topological polar surface area (TPSA) is 63.6 Å². The van der Waals surface area contributed by atoms with Crippen molar-refractivity contribution in [2.75, 3.05) is 0 Å². The summed E-state index contributed by atoms with van der Waals surface area (Å²) in [6.07, 6.45) is 4.34. The SMILES string of the molecule is Cn1c(C=O)cc2ccc(-c3cn[nH]c3)nc21. The molecule has 3 heterocycles. The zero-order valence-electron chi connectivity index (χ0n) is 9.21. The minimum atomic E-state index is 0.622. The van der Waals surface area contributed by atoms with Gasteiger partial charge < -0.3 is 4.57 Å². The van der Waals surface area contributed by atoms with Gasteiger partial charge in [-0.25, -0.2) is 4.98 Å². The Kier molecular flexibility index (Phi) is 2.04. The highest BCUT2D eigenvalue weighted by Gasteiger charge is 2.08. The smallest absolute Gasteiger partial charge is 0.166 e. The van der Waals surface area contributed by atoms with Crippen LogP contribution in [-0.2, 0) is 7.05 Å². The molecule has 3 aromatic heterocycles. The fourth-order valence-electron chi connectivity index (χ4n) is 1.88. The highest BCUT2D eigenvalue weighted by Crippen LogP contribution is 2.21. The quantitative estimate of drug-likeness (QED) is 0.677. The van der Waals surface area contributed by atoms with Crippen LogP contribution in [0.25, 0.3) is 22.3 Å². The van der Waals surface area contributed by atoms with Crippen LogP contribution in [0, 0.1) is 0 Å². The van der Waals surface area contributed by atoms with E-state index in [-0.39, 0.29) is 0 Å². The average Bonchev–Trinajstić information content (AvgIpc) is 2.97. The normalized spacial score (nSPS) is 10.9. The number of H-pyrrole nitrogens is 1. The van der Waals surface area contributed by atoms with Gasteiger partial charge in [0.25, 0.3) is 0 Å². The van der Waals surface area contributed by atoms with E-state index >= 15 is 0 Å². The van der Waals surface area contributed by atoms with Gasteiger partial charge in [0.05, 0.1) is 17.6 Å². The Morgan fingerprint density at radius 3 is 3.00 bits per heavy atom. The fourth-order valence-corrected chi connectivity index (χ4v) is 1.88. The lowest BCUT2D eigenvalue weighted by molar-refractivity contribution is 0.111. The van der Waals surface area contributed by atoms with E-state index in [4.69, 9.17) is 0 Å². The van der Waals surface area contributed by atoms with Crippen LogP contribution >= 0.6 is 0 Å². The summed E-state index contributed by atoms with van der Waals surface area (Å²) in [5.41, 5.74) is 3.19. The highest BCUT2D eigenvalue weighted by molar-refractivity contribution is 5.87. The van der Waals surface area contributed by atoms with Gasteiger partial charge in [0.15, 0.2) is 6.29 Å². The Hall–Kier alpha value is -2.43. The van der Waals surface area contributed by atoms with Crippen LogP contribution in [0.4, 0.5) is 0 Å². The second-order valence-electron chi connectivity index (χ2n) is 3.84. The highest BCUT2D eigenvalue weighted by atomic mass is 16.1. The van der Waals surface area contributed by atoms with Crippen LogP contribution in [0.1, 0.15) is 10.5 Å². The van der Waals surface area contributed by atoms with E-state index in [0.29, 0.717) is 5.69 Å². The van der Waals surface area contributed by atoms with Crippen LogP contribution in [0.5, 0.6) is 0 Å². The molecule has 0 aliphatic carbocycles. The molecule has 0 saturated carbocycles. The van der Waals surface area contributed by atoms with E-state index < -0.39 is 0 Å². The van der Waals surface area contributed by atoms with E-state index in [9.17, 15) is 4.79 Å². The molecule has 1 N–H and O–H groups in total. The van der Waals surface area contributed by atoms with Crippen LogP contribution in [0.3, 0.4) is 0 Å². The lowest BCUT2D eigenvalue weighted by Gasteiger charge is -2.00. The number of nitrogens with zero attached hydrogens (tertiary/aromatic N) is 3. The fraction of sp³-hybridized carbons (Fsp3) is 0.0833. The molecule has 0 saturated heterocycles.